The fraction of sp³-hybridized carbons (Fsp3) is 0.400. The summed E-state index contributed by atoms with van der Waals surface area (Å²) in [7, 11) is 1.70. The quantitative estimate of drug-likeness (QED) is 0.638. The van der Waals surface area contributed by atoms with Crippen LogP contribution in [0.25, 0.3) is 0 Å². The van der Waals surface area contributed by atoms with Crippen molar-refractivity contribution in [2.45, 2.75) is 18.0 Å². The number of hydrogen-bond donors (Lipinski definition) is 0. The molecular formula is C20H25BrN2OS. The van der Waals surface area contributed by atoms with Crippen LogP contribution in [0.3, 0.4) is 0 Å². The maximum atomic E-state index is 5.31. The van der Waals surface area contributed by atoms with Crippen LogP contribution in [0.4, 0.5) is 0 Å². The zero-order chi connectivity index (χ0) is 17.6. The van der Waals surface area contributed by atoms with Crippen molar-refractivity contribution in [1.82, 2.24) is 9.80 Å². The molecule has 25 heavy (non-hydrogen) atoms. The number of ether oxygens (including phenoxy) is 1. The third-order valence-electron chi connectivity index (χ3n) is 4.65. The van der Waals surface area contributed by atoms with Crippen molar-refractivity contribution in [2.75, 3.05) is 39.5 Å². The van der Waals surface area contributed by atoms with Gasteiger partial charge in [0.15, 0.2) is 0 Å². The van der Waals surface area contributed by atoms with Crippen LogP contribution in [-0.2, 0) is 13.1 Å². The average Bonchev–Trinajstić information content (AvgIpc) is 2.64. The molecule has 0 radical (unpaired) electrons. The van der Waals surface area contributed by atoms with E-state index in [9.17, 15) is 0 Å². The van der Waals surface area contributed by atoms with Crippen molar-refractivity contribution in [3.8, 4) is 5.75 Å². The molecule has 1 heterocycles. The van der Waals surface area contributed by atoms with E-state index in [0.717, 1.165) is 49.5 Å². The van der Waals surface area contributed by atoms with E-state index in [0.29, 0.717) is 0 Å². The van der Waals surface area contributed by atoms with Crippen LogP contribution < -0.4 is 4.74 Å². The standard InChI is InChI=1S/C20H25BrN2OS/c1-24-20-8-5-17(13-19(20)21)15-23-11-9-22(10-12-23)14-16-3-6-18(25-2)7-4-16/h3-8,13H,9-12,14-15H2,1-2H3. The molecule has 0 N–H and O–H groups in total. The average molecular weight is 421 g/mol. The third-order valence-corrected chi connectivity index (χ3v) is 6.02. The Labute approximate surface area is 163 Å². The van der Waals surface area contributed by atoms with Gasteiger partial charge in [-0.25, -0.2) is 0 Å². The molecule has 3 nitrogen and oxygen atoms in total. The lowest BCUT2D eigenvalue weighted by Crippen LogP contribution is -2.45. The van der Waals surface area contributed by atoms with Gasteiger partial charge in [-0.2, -0.15) is 0 Å². The third kappa shape index (κ3) is 5.23. The Bertz CT molecular complexity index is 685. The van der Waals surface area contributed by atoms with Crippen molar-refractivity contribution in [1.29, 1.82) is 0 Å². The molecule has 0 aliphatic carbocycles. The molecule has 0 amide bonds. The zero-order valence-corrected chi connectivity index (χ0v) is 17.3. The largest absolute Gasteiger partial charge is 0.496 e. The van der Waals surface area contributed by atoms with E-state index in [2.05, 4.69) is 68.4 Å². The summed E-state index contributed by atoms with van der Waals surface area (Å²) in [6, 6.07) is 15.3. The van der Waals surface area contributed by atoms with Gasteiger partial charge in [-0.1, -0.05) is 18.2 Å². The molecule has 1 aliphatic heterocycles. The Kier molecular flexibility index (Phi) is 6.82. The summed E-state index contributed by atoms with van der Waals surface area (Å²) in [5.41, 5.74) is 2.74. The lowest BCUT2D eigenvalue weighted by Gasteiger charge is -2.34. The minimum atomic E-state index is 0.890. The molecular weight excluding hydrogens is 396 g/mol. The van der Waals surface area contributed by atoms with Crippen molar-refractivity contribution in [2.24, 2.45) is 0 Å². The molecule has 0 aromatic heterocycles. The molecule has 1 aliphatic rings. The van der Waals surface area contributed by atoms with Gasteiger partial charge in [0.05, 0.1) is 11.6 Å². The summed E-state index contributed by atoms with van der Waals surface area (Å²) in [6.45, 7) is 6.54. The summed E-state index contributed by atoms with van der Waals surface area (Å²) in [4.78, 5) is 6.41. The second-order valence-corrected chi connectivity index (χ2v) is 8.10. The van der Waals surface area contributed by atoms with Gasteiger partial charge < -0.3 is 4.74 Å². The molecule has 5 heteroatoms. The van der Waals surface area contributed by atoms with Gasteiger partial charge in [-0.05, 0) is 57.6 Å². The van der Waals surface area contributed by atoms with E-state index in [-0.39, 0.29) is 0 Å². The highest BCUT2D eigenvalue weighted by atomic mass is 79.9. The number of thioether (sulfide) groups is 1. The Morgan fingerprint density at radius 3 is 2.00 bits per heavy atom. The van der Waals surface area contributed by atoms with E-state index < -0.39 is 0 Å². The first-order valence-electron chi connectivity index (χ1n) is 8.58. The summed E-state index contributed by atoms with van der Waals surface area (Å²) in [6.07, 6.45) is 2.12. The fourth-order valence-electron chi connectivity index (χ4n) is 3.16. The highest BCUT2D eigenvalue weighted by Crippen LogP contribution is 2.26. The van der Waals surface area contributed by atoms with E-state index in [1.807, 2.05) is 6.07 Å². The Morgan fingerprint density at radius 2 is 1.48 bits per heavy atom. The summed E-state index contributed by atoms with van der Waals surface area (Å²) >= 11 is 5.37. The SMILES string of the molecule is COc1ccc(CN2CCN(Cc3ccc(SC)cc3)CC2)cc1Br. The van der Waals surface area contributed by atoms with Crippen LogP contribution in [0.1, 0.15) is 11.1 Å². The molecule has 3 rings (SSSR count). The molecule has 1 fully saturated rings. The second-order valence-electron chi connectivity index (χ2n) is 6.37. The lowest BCUT2D eigenvalue weighted by molar-refractivity contribution is 0.122. The highest BCUT2D eigenvalue weighted by Gasteiger charge is 2.17. The Hall–Kier alpha value is -1.01. The molecule has 0 unspecified atom stereocenters. The van der Waals surface area contributed by atoms with Crippen molar-refractivity contribution in [3.63, 3.8) is 0 Å². The first-order valence-corrected chi connectivity index (χ1v) is 10.6. The number of halogens is 1. The second kappa shape index (κ2) is 9.08. The number of hydrogen-bond acceptors (Lipinski definition) is 4. The van der Waals surface area contributed by atoms with Gasteiger partial charge >= 0.3 is 0 Å². The summed E-state index contributed by atoms with van der Waals surface area (Å²) < 4.78 is 6.33. The number of benzene rings is 2. The maximum absolute atomic E-state index is 5.31. The minimum absolute atomic E-state index is 0.890. The van der Waals surface area contributed by atoms with E-state index >= 15 is 0 Å². The van der Waals surface area contributed by atoms with E-state index in [4.69, 9.17) is 4.74 Å². The molecule has 2 aromatic rings. The summed E-state index contributed by atoms with van der Waals surface area (Å²) in [5, 5.41) is 0. The number of methoxy groups -OCH3 is 1. The van der Waals surface area contributed by atoms with Gasteiger partial charge in [-0.3, -0.25) is 9.80 Å². The normalized spacial score (nSPS) is 16.1. The van der Waals surface area contributed by atoms with Gasteiger partial charge in [0.1, 0.15) is 5.75 Å². The van der Waals surface area contributed by atoms with Gasteiger partial charge in [0.25, 0.3) is 0 Å². The van der Waals surface area contributed by atoms with Crippen LogP contribution in [0.2, 0.25) is 0 Å². The van der Waals surface area contributed by atoms with Gasteiger partial charge in [-0.15, -0.1) is 11.8 Å². The van der Waals surface area contributed by atoms with Gasteiger partial charge in [0.2, 0.25) is 0 Å². The minimum Gasteiger partial charge on any atom is -0.496 e. The van der Waals surface area contributed by atoms with Gasteiger partial charge in [0, 0.05) is 44.2 Å². The number of rotatable bonds is 6. The molecule has 0 spiro atoms. The van der Waals surface area contributed by atoms with Crippen molar-refractivity contribution < 1.29 is 4.74 Å². The van der Waals surface area contributed by atoms with Crippen molar-refractivity contribution >= 4 is 27.7 Å². The first kappa shape index (κ1) is 18.8. The van der Waals surface area contributed by atoms with E-state index in [1.54, 1.807) is 18.9 Å². The van der Waals surface area contributed by atoms with Crippen molar-refractivity contribution in [3.05, 3.63) is 58.1 Å². The van der Waals surface area contributed by atoms with E-state index in [1.165, 1.54) is 16.0 Å². The lowest BCUT2D eigenvalue weighted by atomic mass is 10.1. The molecule has 0 saturated carbocycles. The molecule has 1 saturated heterocycles. The molecule has 2 aromatic carbocycles. The topological polar surface area (TPSA) is 15.7 Å². The first-order chi connectivity index (χ1) is 12.2. The Morgan fingerprint density at radius 1 is 0.920 bits per heavy atom. The van der Waals surface area contributed by atoms with Crippen LogP contribution in [0, 0.1) is 0 Å². The maximum Gasteiger partial charge on any atom is 0.133 e. The van der Waals surface area contributed by atoms with Crippen LogP contribution in [0.15, 0.2) is 51.8 Å². The highest BCUT2D eigenvalue weighted by molar-refractivity contribution is 9.10. The predicted octanol–water partition coefficient (Wildman–Crippen LogP) is 4.50. The smallest absolute Gasteiger partial charge is 0.133 e. The van der Waals surface area contributed by atoms with Crippen LogP contribution >= 0.6 is 27.7 Å². The fourth-order valence-corrected chi connectivity index (χ4v) is 4.16. The summed E-state index contributed by atoms with van der Waals surface area (Å²) in [5.74, 6) is 0.890. The molecule has 0 atom stereocenters. The predicted molar refractivity (Wildman–Crippen MR) is 109 cm³/mol. The number of nitrogens with zero attached hydrogens (tertiary/aromatic N) is 2. The zero-order valence-electron chi connectivity index (χ0n) is 14.9. The Balaban J connectivity index is 1.48. The van der Waals surface area contributed by atoms with Crippen LogP contribution in [-0.4, -0.2) is 49.3 Å². The monoisotopic (exact) mass is 420 g/mol. The van der Waals surface area contributed by atoms with Crippen LogP contribution in [0.5, 0.6) is 5.75 Å². The number of piperazine rings is 1. The molecule has 0 bridgehead atoms. The molecule has 134 valence electrons.